The molecule has 0 fully saturated rings. The first-order valence-corrected chi connectivity index (χ1v) is 21.5. The molecule has 5 aromatic heterocycles. The van der Waals surface area contributed by atoms with Crippen molar-refractivity contribution in [3.8, 4) is 19.5 Å². The fraction of sp³-hybridized carbons (Fsp3) is 0.471. The summed E-state index contributed by atoms with van der Waals surface area (Å²) in [5, 5.41) is 0. The maximum absolute atomic E-state index is 14.3. The van der Waals surface area contributed by atoms with Gasteiger partial charge in [0, 0.05) is 35.1 Å². The van der Waals surface area contributed by atoms with Gasteiger partial charge in [0.2, 0.25) is 0 Å². The summed E-state index contributed by atoms with van der Waals surface area (Å²) in [5.74, 6) is 0.172. The lowest BCUT2D eigenvalue weighted by atomic mass is 9.93. The molecule has 10 heteroatoms. The summed E-state index contributed by atoms with van der Waals surface area (Å²) in [6, 6.07) is 8.70. The lowest BCUT2D eigenvalue weighted by molar-refractivity contribution is 0.0622. The zero-order valence-electron chi connectivity index (χ0n) is 25.1. The molecule has 0 N–H and O–H groups in total. The topological polar surface area (TPSA) is 37.4 Å². The van der Waals surface area contributed by atoms with E-state index in [0.717, 1.165) is 39.9 Å². The molecule has 6 heterocycles. The average molecular weight is 812 g/mol. The van der Waals surface area contributed by atoms with Crippen molar-refractivity contribution in [1.29, 1.82) is 0 Å². The van der Waals surface area contributed by atoms with Crippen molar-refractivity contribution in [1.82, 2.24) is 4.90 Å². The number of amides is 2. The summed E-state index contributed by atoms with van der Waals surface area (Å²) in [7, 11) is 0. The van der Waals surface area contributed by atoms with Gasteiger partial charge in [-0.3, -0.25) is 14.5 Å². The van der Waals surface area contributed by atoms with E-state index in [1.54, 1.807) is 61.6 Å². The molecule has 0 saturated heterocycles. The number of nitrogens with zero attached hydrogens (tertiary/aromatic N) is 1. The van der Waals surface area contributed by atoms with Gasteiger partial charge in [0.15, 0.2) is 0 Å². The number of halogens is 2. The van der Waals surface area contributed by atoms with Crippen molar-refractivity contribution in [3.63, 3.8) is 0 Å². The van der Waals surface area contributed by atoms with E-state index in [1.165, 1.54) is 83.0 Å². The molecule has 0 aromatic carbocycles. The molecule has 44 heavy (non-hydrogen) atoms. The van der Waals surface area contributed by atoms with Gasteiger partial charge >= 0.3 is 0 Å². The fourth-order valence-corrected chi connectivity index (χ4v) is 13.8. The first kappa shape index (κ1) is 33.0. The molecule has 1 aliphatic heterocycles. The Morgan fingerprint density at radius 3 is 1.50 bits per heavy atom. The van der Waals surface area contributed by atoms with Crippen molar-refractivity contribution in [2.45, 2.75) is 90.9 Å². The molecule has 0 spiro atoms. The molecular formula is C34H37Br2NO2S5. The molecule has 0 radical (unpaired) electrons. The molecule has 1 unspecified atom stereocenters. The van der Waals surface area contributed by atoms with E-state index in [1.807, 2.05) is 0 Å². The summed E-state index contributed by atoms with van der Waals surface area (Å²) in [6.45, 7) is 5.04. The van der Waals surface area contributed by atoms with Crippen LogP contribution in [0.15, 0.2) is 31.8 Å². The van der Waals surface area contributed by atoms with Crippen LogP contribution in [0, 0.1) is 5.92 Å². The third-order valence-corrected chi connectivity index (χ3v) is 15.6. The molecule has 6 rings (SSSR count). The van der Waals surface area contributed by atoms with E-state index in [0.29, 0.717) is 23.6 Å². The monoisotopic (exact) mass is 809 g/mol. The predicted molar refractivity (Wildman–Crippen MR) is 203 cm³/mol. The number of fused-ring (bicyclic) bond motifs is 3. The second kappa shape index (κ2) is 14.9. The van der Waals surface area contributed by atoms with Crippen LogP contribution < -0.4 is 0 Å². The number of thiophene rings is 5. The number of hydrogen-bond donors (Lipinski definition) is 0. The van der Waals surface area contributed by atoms with Crippen molar-refractivity contribution in [3.05, 3.63) is 43.0 Å². The van der Waals surface area contributed by atoms with Crippen LogP contribution in [0.25, 0.3) is 38.3 Å². The average Bonchev–Trinajstić information content (AvgIpc) is 3.81. The van der Waals surface area contributed by atoms with Crippen LogP contribution in [0.4, 0.5) is 0 Å². The van der Waals surface area contributed by atoms with Gasteiger partial charge in [0.25, 0.3) is 11.8 Å². The molecule has 0 saturated carbocycles. The van der Waals surface area contributed by atoms with Crippen LogP contribution in [0.3, 0.4) is 0 Å². The highest BCUT2D eigenvalue weighted by Gasteiger charge is 2.43. The molecule has 234 valence electrons. The Bertz CT molecular complexity index is 1600. The van der Waals surface area contributed by atoms with E-state index < -0.39 is 0 Å². The lowest BCUT2D eigenvalue weighted by Gasteiger charge is -2.23. The number of unbranched alkanes of at least 4 members (excludes halogenated alkanes) is 8. The predicted octanol–water partition coefficient (Wildman–Crippen LogP) is 14.1. The zero-order valence-corrected chi connectivity index (χ0v) is 32.4. The van der Waals surface area contributed by atoms with Gasteiger partial charge in [0.1, 0.15) is 0 Å². The van der Waals surface area contributed by atoms with E-state index in [-0.39, 0.29) is 11.8 Å². The first-order valence-electron chi connectivity index (χ1n) is 15.8. The van der Waals surface area contributed by atoms with Crippen molar-refractivity contribution in [2.75, 3.05) is 6.54 Å². The van der Waals surface area contributed by atoms with Crippen molar-refractivity contribution >= 4 is 119 Å². The second-order valence-corrected chi connectivity index (χ2v) is 19.9. The van der Waals surface area contributed by atoms with Gasteiger partial charge in [-0.2, -0.15) is 0 Å². The second-order valence-electron chi connectivity index (χ2n) is 11.8. The zero-order chi connectivity index (χ0) is 30.8. The summed E-state index contributed by atoms with van der Waals surface area (Å²) in [6.07, 6.45) is 14.6. The lowest BCUT2D eigenvalue weighted by Crippen LogP contribution is -2.35. The smallest absolute Gasteiger partial charge is 0.263 e. The van der Waals surface area contributed by atoms with Crippen LogP contribution in [0.1, 0.15) is 112 Å². The number of imide groups is 1. The standard InChI is InChI=1S/C34H37Br2NO2S5/c1-3-5-7-9-10-12-14-20(13-11-8-6-4-2)19-37-33(38)29-30(34(37)39)32(26-16-22-24(41-26)18-28(36)43-22)44-31(29)25-15-21-23(40-25)17-27(35)42-21/h15-18,20H,3-14,19H2,1-2H3. The summed E-state index contributed by atoms with van der Waals surface area (Å²) < 4.78 is 7.06. The maximum Gasteiger partial charge on any atom is 0.263 e. The maximum atomic E-state index is 14.3. The molecule has 3 nitrogen and oxygen atoms in total. The quantitative estimate of drug-likeness (QED) is 0.0735. The van der Waals surface area contributed by atoms with Crippen molar-refractivity contribution in [2.24, 2.45) is 5.92 Å². The fourth-order valence-electron chi connectivity index (χ4n) is 6.21. The molecule has 0 aliphatic carbocycles. The van der Waals surface area contributed by atoms with Crippen LogP contribution in [0.5, 0.6) is 0 Å². The van der Waals surface area contributed by atoms with E-state index >= 15 is 0 Å². The normalized spacial score (nSPS) is 14.1. The van der Waals surface area contributed by atoms with Crippen LogP contribution in [-0.4, -0.2) is 23.3 Å². The largest absolute Gasteiger partial charge is 0.274 e. The minimum atomic E-state index is -0.0944. The van der Waals surface area contributed by atoms with E-state index in [4.69, 9.17) is 0 Å². The minimum Gasteiger partial charge on any atom is -0.274 e. The van der Waals surface area contributed by atoms with Gasteiger partial charge in [-0.05, 0) is 74.9 Å². The van der Waals surface area contributed by atoms with Gasteiger partial charge in [0.05, 0.1) is 28.5 Å². The Morgan fingerprint density at radius 1 is 0.591 bits per heavy atom. The van der Waals surface area contributed by atoms with Crippen molar-refractivity contribution < 1.29 is 9.59 Å². The Hall–Kier alpha value is -0.880. The number of carbonyl (C=O) groups is 2. The van der Waals surface area contributed by atoms with Gasteiger partial charge in [-0.15, -0.1) is 56.7 Å². The summed E-state index contributed by atoms with van der Waals surface area (Å²) in [4.78, 5) is 34.3. The highest BCUT2D eigenvalue weighted by molar-refractivity contribution is 9.11. The van der Waals surface area contributed by atoms with Gasteiger partial charge in [-0.1, -0.05) is 78.1 Å². The third-order valence-electron chi connectivity index (χ3n) is 8.50. The molecule has 2 amide bonds. The van der Waals surface area contributed by atoms with Gasteiger partial charge < -0.3 is 0 Å². The Morgan fingerprint density at radius 2 is 1.02 bits per heavy atom. The van der Waals surface area contributed by atoms with Crippen LogP contribution >= 0.6 is 88.5 Å². The summed E-state index contributed by atoms with van der Waals surface area (Å²) >= 11 is 15.7. The first-order chi connectivity index (χ1) is 21.4. The third kappa shape index (κ3) is 7.02. The summed E-state index contributed by atoms with van der Waals surface area (Å²) in [5.41, 5.74) is 1.26. The Kier molecular flexibility index (Phi) is 11.2. The molecule has 5 aromatic rings. The molecule has 0 bridgehead atoms. The Balaban J connectivity index is 1.31. The molecule has 1 atom stereocenters. The van der Waals surface area contributed by atoms with Crippen LogP contribution in [-0.2, 0) is 0 Å². The number of hydrogen-bond acceptors (Lipinski definition) is 7. The van der Waals surface area contributed by atoms with E-state index in [2.05, 4.69) is 70.0 Å². The number of carbonyl (C=O) groups excluding carboxylic acids is 2. The number of rotatable bonds is 16. The highest BCUT2D eigenvalue weighted by Crippen LogP contribution is 2.52. The SMILES string of the molecule is CCCCCCCCC(CCCCCC)CN1C(=O)c2c(-c3cc4sc(Br)cc4s3)sc(-c3cc4sc(Br)cc4s3)c2C1=O. The van der Waals surface area contributed by atoms with Gasteiger partial charge in [-0.25, -0.2) is 0 Å². The molecular weight excluding hydrogens is 775 g/mol. The van der Waals surface area contributed by atoms with E-state index in [9.17, 15) is 9.59 Å². The Labute approximate surface area is 296 Å². The molecule has 1 aliphatic rings. The minimum absolute atomic E-state index is 0.0944. The van der Waals surface area contributed by atoms with Crippen LogP contribution in [0.2, 0.25) is 0 Å². The highest BCUT2D eigenvalue weighted by atomic mass is 79.9.